The number of hydrogen-bond donors (Lipinski definition) is 1. The number of nitriles is 1. The summed E-state index contributed by atoms with van der Waals surface area (Å²) in [6.45, 7) is 2.43. The summed E-state index contributed by atoms with van der Waals surface area (Å²) in [6.07, 6.45) is 2.47. The van der Waals surface area contributed by atoms with Crippen molar-refractivity contribution in [1.82, 2.24) is 0 Å². The normalized spacial score (nSPS) is 10.9. The Kier molecular flexibility index (Phi) is 7.26. The maximum atomic E-state index is 12.5. The zero-order valence-corrected chi connectivity index (χ0v) is 17.3. The summed E-state index contributed by atoms with van der Waals surface area (Å²) in [5, 5.41) is 12.9. The van der Waals surface area contributed by atoms with Crippen molar-refractivity contribution in [3.05, 3.63) is 100 Å². The number of carbonyl (C=O) groups excluding carboxylic acids is 1. The molecule has 0 saturated heterocycles. The fourth-order valence-corrected chi connectivity index (χ4v) is 3.04. The smallest absolute Gasteiger partial charge is 0.266 e. The van der Waals surface area contributed by atoms with Crippen LogP contribution in [-0.2, 0) is 17.8 Å². The third kappa shape index (κ3) is 5.97. The molecule has 3 rings (SSSR count). The lowest BCUT2D eigenvalue weighted by Gasteiger charge is -2.08. The quantitative estimate of drug-likeness (QED) is 0.378. The van der Waals surface area contributed by atoms with Crippen molar-refractivity contribution in [3.8, 4) is 11.8 Å². The van der Waals surface area contributed by atoms with Gasteiger partial charge in [-0.25, -0.2) is 0 Å². The van der Waals surface area contributed by atoms with E-state index in [-0.39, 0.29) is 5.57 Å². The van der Waals surface area contributed by atoms with Crippen LogP contribution in [0.3, 0.4) is 0 Å². The summed E-state index contributed by atoms with van der Waals surface area (Å²) >= 11 is 6.00. The maximum Gasteiger partial charge on any atom is 0.266 e. The van der Waals surface area contributed by atoms with Crippen molar-refractivity contribution in [3.63, 3.8) is 0 Å². The van der Waals surface area contributed by atoms with E-state index in [4.69, 9.17) is 16.3 Å². The standard InChI is InChI=1S/C25H21ClN2O2/c1-2-18-9-11-23(12-10-18)28-25(29)21(16-27)13-19-5-4-8-24(15-19)30-17-20-6-3-7-22(26)14-20/h3-15H,2,17H2,1H3,(H,28,29)/b21-13+. The predicted octanol–water partition coefficient (Wildman–Crippen LogP) is 6.03. The van der Waals surface area contributed by atoms with E-state index in [1.807, 2.05) is 72.8 Å². The van der Waals surface area contributed by atoms with Crippen LogP contribution in [0.1, 0.15) is 23.6 Å². The molecule has 1 N–H and O–H groups in total. The molecule has 0 fully saturated rings. The van der Waals surface area contributed by atoms with Gasteiger partial charge < -0.3 is 10.1 Å². The first kappa shape index (κ1) is 21.2. The zero-order valence-electron chi connectivity index (χ0n) is 16.6. The number of ether oxygens (including phenoxy) is 1. The van der Waals surface area contributed by atoms with Crippen molar-refractivity contribution < 1.29 is 9.53 Å². The molecule has 0 aliphatic rings. The molecule has 1 amide bonds. The van der Waals surface area contributed by atoms with Crippen molar-refractivity contribution in [2.45, 2.75) is 20.0 Å². The first-order chi connectivity index (χ1) is 14.6. The van der Waals surface area contributed by atoms with E-state index in [1.165, 1.54) is 5.56 Å². The first-order valence-corrected chi connectivity index (χ1v) is 9.94. The van der Waals surface area contributed by atoms with Gasteiger partial charge in [0.2, 0.25) is 0 Å². The van der Waals surface area contributed by atoms with Gasteiger partial charge in [-0.1, -0.05) is 54.9 Å². The number of rotatable bonds is 7. The molecule has 0 aliphatic carbocycles. The van der Waals surface area contributed by atoms with E-state index >= 15 is 0 Å². The van der Waals surface area contributed by atoms with Gasteiger partial charge in [0, 0.05) is 10.7 Å². The fourth-order valence-electron chi connectivity index (χ4n) is 2.83. The largest absolute Gasteiger partial charge is 0.489 e. The lowest BCUT2D eigenvalue weighted by Crippen LogP contribution is -2.13. The molecule has 0 unspecified atom stereocenters. The van der Waals surface area contributed by atoms with E-state index in [0.29, 0.717) is 28.6 Å². The summed E-state index contributed by atoms with van der Waals surface area (Å²) < 4.78 is 5.81. The van der Waals surface area contributed by atoms with Crippen molar-refractivity contribution >= 4 is 29.3 Å². The molecule has 4 nitrogen and oxygen atoms in total. The van der Waals surface area contributed by atoms with Gasteiger partial charge in [-0.15, -0.1) is 0 Å². The predicted molar refractivity (Wildman–Crippen MR) is 120 cm³/mol. The average Bonchev–Trinajstić information content (AvgIpc) is 2.77. The molecule has 150 valence electrons. The Morgan fingerprint density at radius 3 is 2.53 bits per heavy atom. The summed E-state index contributed by atoms with van der Waals surface area (Å²) in [6, 6.07) is 24.2. The maximum absolute atomic E-state index is 12.5. The Balaban J connectivity index is 1.69. The monoisotopic (exact) mass is 416 g/mol. The molecule has 0 radical (unpaired) electrons. The van der Waals surface area contributed by atoms with Crippen LogP contribution >= 0.6 is 11.6 Å². The SMILES string of the molecule is CCc1ccc(NC(=O)/C(C#N)=C/c2cccc(OCc3cccc(Cl)c3)c2)cc1. The van der Waals surface area contributed by atoms with Crippen LogP contribution < -0.4 is 10.1 Å². The number of nitrogens with zero attached hydrogens (tertiary/aromatic N) is 1. The Morgan fingerprint density at radius 1 is 1.07 bits per heavy atom. The van der Waals surface area contributed by atoms with E-state index in [1.54, 1.807) is 12.1 Å². The van der Waals surface area contributed by atoms with Crippen molar-refractivity contribution in [2.75, 3.05) is 5.32 Å². The number of nitrogens with one attached hydrogen (secondary N) is 1. The molecule has 0 heterocycles. The number of amides is 1. The van der Waals surface area contributed by atoms with E-state index in [9.17, 15) is 10.1 Å². The molecule has 5 heteroatoms. The third-order valence-corrected chi connectivity index (χ3v) is 4.68. The van der Waals surface area contributed by atoms with E-state index < -0.39 is 5.91 Å². The molecule has 0 aromatic heterocycles. The van der Waals surface area contributed by atoms with Gasteiger partial charge in [0.1, 0.15) is 24.0 Å². The van der Waals surface area contributed by atoms with Gasteiger partial charge >= 0.3 is 0 Å². The van der Waals surface area contributed by atoms with Gasteiger partial charge in [-0.3, -0.25) is 4.79 Å². The van der Waals surface area contributed by atoms with Crippen LogP contribution in [0.4, 0.5) is 5.69 Å². The Hall–Kier alpha value is -3.55. The Bertz CT molecular complexity index is 1100. The summed E-state index contributed by atoms with van der Waals surface area (Å²) in [4.78, 5) is 12.5. The van der Waals surface area contributed by atoms with Gasteiger partial charge in [-0.2, -0.15) is 5.26 Å². The molecule has 30 heavy (non-hydrogen) atoms. The zero-order chi connectivity index (χ0) is 21.3. The number of halogens is 1. The molecule has 0 spiro atoms. The highest BCUT2D eigenvalue weighted by atomic mass is 35.5. The average molecular weight is 417 g/mol. The highest BCUT2D eigenvalue weighted by molar-refractivity contribution is 6.30. The Morgan fingerprint density at radius 2 is 1.83 bits per heavy atom. The van der Waals surface area contributed by atoms with Gasteiger partial charge in [0.05, 0.1) is 0 Å². The molecule has 0 atom stereocenters. The fraction of sp³-hybridized carbons (Fsp3) is 0.120. The molecule has 3 aromatic carbocycles. The minimum absolute atomic E-state index is 0.0153. The lowest BCUT2D eigenvalue weighted by molar-refractivity contribution is -0.112. The van der Waals surface area contributed by atoms with Crippen molar-refractivity contribution in [1.29, 1.82) is 5.26 Å². The molecular formula is C25H21ClN2O2. The molecular weight excluding hydrogens is 396 g/mol. The first-order valence-electron chi connectivity index (χ1n) is 9.57. The molecule has 0 bridgehead atoms. The van der Waals surface area contributed by atoms with Crippen LogP contribution in [0.2, 0.25) is 5.02 Å². The number of benzene rings is 3. The second-order valence-electron chi connectivity index (χ2n) is 6.67. The second kappa shape index (κ2) is 10.3. The highest BCUT2D eigenvalue weighted by Gasteiger charge is 2.10. The summed E-state index contributed by atoms with van der Waals surface area (Å²) in [5.74, 6) is 0.184. The van der Waals surface area contributed by atoms with Gasteiger partial charge in [-0.05, 0) is 65.6 Å². The van der Waals surface area contributed by atoms with Crippen LogP contribution in [0, 0.1) is 11.3 Å². The highest BCUT2D eigenvalue weighted by Crippen LogP contribution is 2.19. The lowest BCUT2D eigenvalue weighted by atomic mass is 10.1. The van der Waals surface area contributed by atoms with Crippen LogP contribution in [0.5, 0.6) is 5.75 Å². The van der Waals surface area contributed by atoms with Gasteiger partial charge in [0.15, 0.2) is 0 Å². The topological polar surface area (TPSA) is 62.1 Å². The molecule has 3 aromatic rings. The minimum atomic E-state index is -0.452. The number of carbonyl (C=O) groups is 1. The van der Waals surface area contributed by atoms with E-state index in [2.05, 4.69) is 12.2 Å². The summed E-state index contributed by atoms with van der Waals surface area (Å²) in [7, 11) is 0. The van der Waals surface area contributed by atoms with Crippen LogP contribution in [-0.4, -0.2) is 5.91 Å². The molecule has 0 saturated carbocycles. The van der Waals surface area contributed by atoms with Crippen molar-refractivity contribution in [2.24, 2.45) is 0 Å². The number of hydrogen-bond acceptors (Lipinski definition) is 3. The van der Waals surface area contributed by atoms with E-state index in [0.717, 1.165) is 12.0 Å². The number of anilines is 1. The minimum Gasteiger partial charge on any atom is -0.489 e. The van der Waals surface area contributed by atoms with Crippen LogP contribution in [0.25, 0.3) is 6.08 Å². The van der Waals surface area contributed by atoms with Crippen LogP contribution in [0.15, 0.2) is 78.4 Å². The Labute approximate surface area is 181 Å². The number of aryl methyl sites for hydroxylation is 1. The molecule has 0 aliphatic heterocycles. The third-order valence-electron chi connectivity index (χ3n) is 4.45. The van der Waals surface area contributed by atoms with Gasteiger partial charge in [0.25, 0.3) is 5.91 Å². The summed E-state index contributed by atoms with van der Waals surface area (Å²) in [5.41, 5.74) is 3.50. The second-order valence-corrected chi connectivity index (χ2v) is 7.10.